The summed E-state index contributed by atoms with van der Waals surface area (Å²) in [7, 11) is 0. The molecule has 3 heteroatoms. The highest BCUT2D eigenvalue weighted by Crippen LogP contribution is 2.12. The largest absolute Gasteiger partial charge is 0.297 e. The van der Waals surface area contributed by atoms with Crippen molar-refractivity contribution in [2.24, 2.45) is 11.8 Å². The zero-order valence-corrected chi connectivity index (χ0v) is 14.3. The van der Waals surface area contributed by atoms with E-state index in [-0.39, 0.29) is 0 Å². The van der Waals surface area contributed by atoms with Gasteiger partial charge in [-0.2, -0.15) is 0 Å². The van der Waals surface area contributed by atoms with Crippen molar-refractivity contribution in [3.8, 4) is 0 Å². The molecule has 108 valence electrons. The highest BCUT2D eigenvalue weighted by atomic mass is 79.9. The Morgan fingerprint density at radius 1 is 1.05 bits per heavy atom. The van der Waals surface area contributed by atoms with E-state index < -0.39 is 0 Å². The van der Waals surface area contributed by atoms with Gasteiger partial charge < -0.3 is 0 Å². The van der Waals surface area contributed by atoms with Gasteiger partial charge in [0.05, 0.1) is 5.69 Å². The van der Waals surface area contributed by atoms with Crippen LogP contribution in [0.4, 0.5) is 0 Å². The van der Waals surface area contributed by atoms with E-state index in [1.807, 2.05) is 6.20 Å². The van der Waals surface area contributed by atoms with E-state index in [0.717, 1.165) is 28.5 Å². The lowest BCUT2D eigenvalue weighted by atomic mass is 10.1. The highest BCUT2D eigenvalue weighted by Gasteiger charge is 2.09. The number of halogens is 1. The number of hydrogen-bond acceptors (Lipinski definition) is 2. The van der Waals surface area contributed by atoms with Gasteiger partial charge in [0, 0.05) is 17.2 Å². The highest BCUT2D eigenvalue weighted by molar-refractivity contribution is 9.10. The molecule has 0 saturated carbocycles. The van der Waals surface area contributed by atoms with Crippen molar-refractivity contribution in [1.29, 1.82) is 0 Å². The molecule has 0 aromatic carbocycles. The monoisotopic (exact) mass is 326 g/mol. The molecule has 0 spiro atoms. The second kappa shape index (κ2) is 8.70. The Hall–Kier alpha value is -0.410. The van der Waals surface area contributed by atoms with E-state index in [0.29, 0.717) is 0 Å². The minimum absolute atomic E-state index is 0.763. The van der Waals surface area contributed by atoms with Gasteiger partial charge >= 0.3 is 0 Å². The van der Waals surface area contributed by atoms with Gasteiger partial charge in [-0.3, -0.25) is 9.88 Å². The van der Waals surface area contributed by atoms with Crippen LogP contribution in [0.15, 0.2) is 22.8 Å². The molecular formula is C16H27BrN2. The van der Waals surface area contributed by atoms with Crippen LogP contribution in [0.25, 0.3) is 0 Å². The van der Waals surface area contributed by atoms with Gasteiger partial charge in [0.1, 0.15) is 0 Å². The van der Waals surface area contributed by atoms with Crippen LogP contribution in [-0.4, -0.2) is 23.0 Å². The van der Waals surface area contributed by atoms with E-state index in [9.17, 15) is 0 Å². The molecule has 0 bridgehead atoms. The normalized spacial score (nSPS) is 11.8. The topological polar surface area (TPSA) is 16.1 Å². The smallest absolute Gasteiger partial charge is 0.0544 e. The summed E-state index contributed by atoms with van der Waals surface area (Å²) in [5.41, 5.74) is 1.16. The zero-order valence-electron chi connectivity index (χ0n) is 12.7. The lowest BCUT2D eigenvalue weighted by Crippen LogP contribution is -2.27. The quantitative estimate of drug-likeness (QED) is 0.686. The summed E-state index contributed by atoms with van der Waals surface area (Å²) in [5, 5.41) is 0. The average molecular weight is 327 g/mol. The van der Waals surface area contributed by atoms with E-state index in [1.165, 1.54) is 25.9 Å². The van der Waals surface area contributed by atoms with Crippen LogP contribution in [0, 0.1) is 11.8 Å². The Morgan fingerprint density at radius 2 is 1.63 bits per heavy atom. The van der Waals surface area contributed by atoms with E-state index in [2.05, 4.69) is 65.6 Å². The fraction of sp³-hybridized carbons (Fsp3) is 0.688. The van der Waals surface area contributed by atoms with Gasteiger partial charge in [0.2, 0.25) is 0 Å². The second-order valence-corrected chi connectivity index (χ2v) is 7.02. The van der Waals surface area contributed by atoms with Crippen LogP contribution >= 0.6 is 15.9 Å². The van der Waals surface area contributed by atoms with Crippen LogP contribution in [0.3, 0.4) is 0 Å². The molecule has 0 radical (unpaired) electrons. The summed E-state index contributed by atoms with van der Waals surface area (Å²) in [5.74, 6) is 1.53. The van der Waals surface area contributed by atoms with Gasteiger partial charge in [-0.25, -0.2) is 0 Å². The van der Waals surface area contributed by atoms with E-state index in [1.54, 1.807) is 0 Å². The fourth-order valence-corrected chi connectivity index (χ4v) is 2.12. The van der Waals surface area contributed by atoms with Gasteiger partial charge in [0.25, 0.3) is 0 Å². The van der Waals surface area contributed by atoms with Crippen molar-refractivity contribution in [2.75, 3.05) is 13.1 Å². The first-order valence-corrected chi connectivity index (χ1v) is 8.09. The standard InChI is InChI=1S/C16H27BrN2/c1-13(2)7-9-19(10-8-14(3)4)12-16-6-5-15(17)11-18-16/h5-6,11,13-14H,7-10,12H2,1-4H3. The first kappa shape index (κ1) is 16.6. The third kappa shape index (κ3) is 7.68. The molecular weight excluding hydrogens is 300 g/mol. The first-order valence-electron chi connectivity index (χ1n) is 7.30. The van der Waals surface area contributed by atoms with Crippen molar-refractivity contribution in [2.45, 2.75) is 47.1 Å². The predicted molar refractivity (Wildman–Crippen MR) is 86.1 cm³/mol. The molecule has 19 heavy (non-hydrogen) atoms. The molecule has 1 aromatic rings. The average Bonchev–Trinajstić information content (AvgIpc) is 2.35. The summed E-state index contributed by atoms with van der Waals surface area (Å²) < 4.78 is 1.05. The van der Waals surface area contributed by atoms with Crippen LogP contribution in [0.1, 0.15) is 46.2 Å². The van der Waals surface area contributed by atoms with Crippen molar-refractivity contribution < 1.29 is 0 Å². The molecule has 2 nitrogen and oxygen atoms in total. The third-order valence-electron chi connectivity index (χ3n) is 3.22. The molecule has 0 aliphatic rings. The van der Waals surface area contributed by atoms with Crippen molar-refractivity contribution >= 4 is 15.9 Å². The maximum Gasteiger partial charge on any atom is 0.0544 e. The molecule has 1 rings (SSSR count). The summed E-state index contributed by atoms with van der Waals surface area (Å²) in [6.45, 7) is 12.5. The fourth-order valence-electron chi connectivity index (χ4n) is 1.88. The number of aromatic nitrogens is 1. The number of hydrogen-bond donors (Lipinski definition) is 0. The summed E-state index contributed by atoms with van der Waals surface area (Å²) >= 11 is 3.44. The minimum atomic E-state index is 0.763. The maximum atomic E-state index is 4.48. The molecule has 0 amide bonds. The lowest BCUT2D eigenvalue weighted by molar-refractivity contribution is 0.233. The number of nitrogens with zero attached hydrogens (tertiary/aromatic N) is 2. The summed E-state index contributed by atoms with van der Waals surface area (Å²) in [4.78, 5) is 7.02. The van der Waals surface area contributed by atoms with Crippen LogP contribution in [0.2, 0.25) is 0 Å². The van der Waals surface area contributed by atoms with E-state index in [4.69, 9.17) is 0 Å². The minimum Gasteiger partial charge on any atom is -0.297 e. The van der Waals surface area contributed by atoms with Gasteiger partial charge in [-0.15, -0.1) is 0 Å². The summed E-state index contributed by atoms with van der Waals surface area (Å²) in [6, 6.07) is 4.19. The molecule has 1 heterocycles. The molecule has 0 N–H and O–H groups in total. The molecule has 1 aromatic heterocycles. The second-order valence-electron chi connectivity index (χ2n) is 6.11. The zero-order chi connectivity index (χ0) is 14.3. The summed E-state index contributed by atoms with van der Waals surface area (Å²) in [6.07, 6.45) is 4.40. The Morgan fingerprint density at radius 3 is 2.05 bits per heavy atom. The molecule has 0 atom stereocenters. The molecule has 0 unspecified atom stereocenters. The van der Waals surface area contributed by atoms with E-state index >= 15 is 0 Å². The molecule has 0 fully saturated rings. The Labute approximate surface area is 126 Å². The maximum absolute atomic E-state index is 4.48. The lowest BCUT2D eigenvalue weighted by Gasteiger charge is -2.23. The Kier molecular flexibility index (Phi) is 7.62. The van der Waals surface area contributed by atoms with Crippen molar-refractivity contribution in [3.05, 3.63) is 28.5 Å². The van der Waals surface area contributed by atoms with Gasteiger partial charge in [-0.05, 0) is 65.8 Å². The number of pyridine rings is 1. The Bertz CT molecular complexity index is 334. The molecule has 0 aliphatic carbocycles. The van der Waals surface area contributed by atoms with Crippen molar-refractivity contribution in [3.63, 3.8) is 0 Å². The Balaban J connectivity index is 2.53. The van der Waals surface area contributed by atoms with Crippen LogP contribution in [0.5, 0.6) is 0 Å². The SMILES string of the molecule is CC(C)CCN(CCC(C)C)Cc1ccc(Br)cn1. The van der Waals surface area contributed by atoms with Crippen LogP contribution < -0.4 is 0 Å². The molecule has 0 saturated heterocycles. The number of rotatable bonds is 8. The van der Waals surface area contributed by atoms with Crippen molar-refractivity contribution in [1.82, 2.24) is 9.88 Å². The first-order chi connectivity index (χ1) is 8.97. The van der Waals surface area contributed by atoms with Crippen LogP contribution in [-0.2, 0) is 6.54 Å². The predicted octanol–water partition coefficient (Wildman–Crippen LogP) is 4.74. The van der Waals surface area contributed by atoms with Gasteiger partial charge in [0.15, 0.2) is 0 Å². The third-order valence-corrected chi connectivity index (χ3v) is 3.69. The molecule has 0 aliphatic heterocycles. The van der Waals surface area contributed by atoms with Gasteiger partial charge in [-0.1, -0.05) is 27.7 Å².